The van der Waals surface area contributed by atoms with Crippen LogP contribution in [0.15, 0.2) is 268 Å². The Bertz CT molecular complexity index is 6000. The van der Waals surface area contributed by atoms with Crippen LogP contribution in [0.5, 0.6) is 0 Å². The first-order chi connectivity index (χ1) is 72.0. The zero-order valence-electron chi connectivity index (χ0n) is 86.6. The number of nitrogens with zero attached hydrogens (tertiary/aromatic N) is 12. The molecule has 12 heterocycles. The highest BCUT2D eigenvalue weighted by Gasteiger charge is 2.60. The van der Waals surface area contributed by atoms with E-state index < -0.39 is 52.5 Å². The lowest BCUT2D eigenvalue weighted by atomic mass is 10.00. The van der Waals surface area contributed by atoms with Gasteiger partial charge in [-0.3, -0.25) is 18.7 Å². The summed E-state index contributed by atoms with van der Waals surface area (Å²) < 4.78 is 47.5. The monoisotopic (exact) mass is 2190 g/mol. The Morgan fingerprint density at radius 2 is 0.878 bits per heavy atom. The molecule has 11 fully saturated rings. The molecule has 2 amide bonds. The molecule has 35 heteroatoms. The lowest BCUT2D eigenvalue weighted by Gasteiger charge is -2.33. The van der Waals surface area contributed by atoms with Crippen molar-refractivity contribution in [3.05, 3.63) is 279 Å². The number of aliphatic hydroxyl groups excluding tert-OH is 2. The quantitative estimate of drug-likeness (QED) is 0.0249. The number of hydrogen-bond donors (Lipinski definition) is 5. The van der Waals surface area contributed by atoms with Gasteiger partial charge in [0.05, 0.1) is 68.6 Å². The standard InChI is InChI=1S/C40H45N6O4PSi.C22H27ClNOPSi.C22H29NOSi.C18H19N5O3.C6H15N.C5H11NO.Cl3P/c1-3-33-34(23-36(48-33)45-26-43-37-38(41-25-42-39(37)45)44-40(47)27-14-7-4-8-15-27)49-51-46-31-21-13-16-28(31)22-32(46)35(50-51)24-52(2,29-17-9-5-10-18-29)30-19-11-6-12-20-30;1-27(18-10-4-2-5-11-18,19-12-6-3-7-13-19)16-22-21-15-17-9-8-14-20(17)24(21)26(23)25-22;1-25(18-10-4-2-5-11-18,19-12-6-3-7-13-19)16-22(24)21-15-17-9-8-14-20(17)23-21;1-2-13-12(24)8-14(26-13)23-10-21-15-16(19-9-20-17(15)23)22-18(25)11-6-4-3-5-7-11;1-4-7(5-2)6-3;1-6-2-4-7-5-3-6;1-4(2)3/h4-12,14-15,17-20,25-26,28,31-36H,3,13,16,21-24H2,1-2H3,(H,41,42,44,47);2-7,10-13,17,20-22H,8-9,14-16H2,1H3;2-7,10-13,17,20-24H,8-9,14-16H2,1H3;3-7,9-10,12-14,24H,2,8H2,1H3,(H,19,20,22,25);4-6H2,1-3H3;2-5H2,1H3;/t28-,31-,32-,33+,34?,35+,36+,51?;17-,20-,21-,22+,26?;17-,20-,21-,22+;12?,13-,14-;;;/m0001.../s1. The lowest BCUT2D eigenvalue weighted by molar-refractivity contribution is -0.0183. The maximum absolute atomic E-state index is 12.9. The van der Waals surface area contributed by atoms with E-state index in [0.29, 0.717) is 88.1 Å². The molecule has 788 valence electrons. The van der Waals surface area contributed by atoms with Gasteiger partial charge in [-0.2, -0.15) is 0 Å². The number of rotatable bonds is 26. The molecule has 4 unspecified atom stereocenters. The number of aliphatic hydroxyl groups is 2. The summed E-state index contributed by atoms with van der Waals surface area (Å²) in [6.45, 7) is 25.7. The number of anilines is 2. The molecule has 8 saturated heterocycles. The molecule has 148 heavy (non-hydrogen) atoms. The summed E-state index contributed by atoms with van der Waals surface area (Å²) in [5, 5.41) is 39.4. The highest BCUT2D eigenvalue weighted by molar-refractivity contribution is 8.20. The van der Waals surface area contributed by atoms with Crippen LogP contribution in [0.2, 0.25) is 37.8 Å². The number of carbonyl (C=O) groups is 2. The van der Waals surface area contributed by atoms with Crippen molar-refractivity contribution in [1.82, 2.24) is 63.5 Å². The summed E-state index contributed by atoms with van der Waals surface area (Å²) >= 11 is 21.4. The van der Waals surface area contributed by atoms with Gasteiger partial charge >= 0.3 is 0 Å². The number of hydrogen-bond acceptors (Lipinski definition) is 21. The molecule has 0 spiro atoms. The van der Waals surface area contributed by atoms with Crippen molar-refractivity contribution in [3.63, 3.8) is 0 Å². The van der Waals surface area contributed by atoms with E-state index in [1.165, 1.54) is 134 Å². The van der Waals surface area contributed by atoms with E-state index in [1.54, 1.807) is 53.6 Å². The van der Waals surface area contributed by atoms with Gasteiger partial charge in [0.25, 0.3) is 20.3 Å². The maximum atomic E-state index is 12.9. The molecule has 3 aliphatic carbocycles. The van der Waals surface area contributed by atoms with Crippen LogP contribution in [0.1, 0.15) is 171 Å². The number of carbonyl (C=O) groups excluding carboxylic acids is 2. The van der Waals surface area contributed by atoms with E-state index in [9.17, 15) is 19.8 Å². The van der Waals surface area contributed by atoms with E-state index >= 15 is 0 Å². The molecule has 11 aliphatic rings. The van der Waals surface area contributed by atoms with Gasteiger partial charge < -0.3 is 63.7 Å². The van der Waals surface area contributed by atoms with Crippen molar-refractivity contribution < 1.29 is 47.6 Å². The Hall–Kier alpha value is -7.62. The number of nitrogens with one attached hydrogen (secondary N) is 3. The molecule has 5 N–H and O–H groups in total. The fraction of sp³-hybridized carbons (Fsp3) is 0.469. The van der Waals surface area contributed by atoms with E-state index in [1.807, 2.05) is 35.8 Å². The number of fused-ring (bicyclic) bond motifs is 9. The summed E-state index contributed by atoms with van der Waals surface area (Å²) in [6.07, 6.45) is 22.9. The molecule has 8 aliphatic heterocycles. The highest BCUT2D eigenvalue weighted by Crippen LogP contribution is 2.66. The van der Waals surface area contributed by atoms with Gasteiger partial charge in [-0.05, 0) is 169 Å². The van der Waals surface area contributed by atoms with Gasteiger partial charge in [0.2, 0.25) is 7.65 Å². The molecule has 3 saturated carbocycles. The molecule has 20 atom stereocenters. The van der Waals surface area contributed by atoms with Crippen LogP contribution in [-0.4, -0.2) is 236 Å². The summed E-state index contributed by atoms with van der Waals surface area (Å²) in [5.41, 5.74) is 3.25. The summed E-state index contributed by atoms with van der Waals surface area (Å²) in [5.74, 6) is 1.36. The van der Waals surface area contributed by atoms with Gasteiger partial charge in [0, 0.05) is 73.3 Å². The van der Waals surface area contributed by atoms with Crippen LogP contribution in [0.25, 0.3) is 22.3 Å². The van der Waals surface area contributed by atoms with Crippen molar-refractivity contribution in [2.24, 2.45) is 17.8 Å². The first kappa shape index (κ1) is 112. The number of amides is 2. The molecule has 23 rings (SSSR count). The van der Waals surface area contributed by atoms with Gasteiger partial charge in [-0.15, -0.1) is 0 Å². The van der Waals surface area contributed by atoms with Crippen LogP contribution in [0, 0.1) is 17.8 Å². The SMILES string of the molecule is CCN(CC)CC.CC[C@H]1O[C@@H](n2cnc3c(NC(=O)c4ccccc4)ncnc32)CC1O.CC[C@H]1O[C@@H](n2cnc3c(NC(=O)c4ccccc4)ncnc32)CC1OP1O[C@H](C[Si](C)(c2ccccc2)c2ccccc2)[C@@H]2C[C@@H]3CCC[C@@H]3N21.CN1CCOCC1.C[Si](C[C@@H](O)[C@@H]1C[C@@H]2CCC[C@@H]2N1)(c1ccccc1)c1ccccc1.C[Si](C[C@H]1OP(Cl)N2[C@H]3CCC[C@H]3C[C@@H]12)(c1ccccc1)c1ccccc1.ClP(Cl)Cl. The number of halogens is 4. The second-order valence-electron chi connectivity index (χ2n) is 41.5. The van der Waals surface area contributed by atoms with E-state index in [4.69, 9.17) is 72.7 Å². The van der Waals surface area contributed by atoms with Crippen LogP contribution in [0.3, 0.4) is 0 Å². The topological polar surface area (TPSA) is 266 Å². The fourth-order valence-electron chi connectivity index (χ4n) is 24.4. The second kappa shape index (κ2) is 53.0. The molecular weight excluding hydrogens is 2050 g/mol. The van der Waals surface area contributed by atoms with Crippen molar-refractivity contribution in [1.29, 1.82) is 0 Å². The first-order valence-corrected chi connectivity index (χ1v) is 68.8. The second-order valence-corrected chi connectivity index (χ2v) is 62.5. The predicted molar refractivity (Wildman–Crippen MR) is 611 cm³/mol. The maximum Gasteiger partial charge on any atom is 0.260 e. The largest absolute Gasteiger partial charge is 0.392 e. The molecule has 25 nitrogen and oxygen atoms in total. The minimum atomic E-state index is -2.14. The normalized spacial score (nSPS) is 26.6. The van der Waals surface area contributed by atoms with Crippen LogP contribution >= 0.6 is 67.1 Å². The van der Waals surface area contributed by atoms with Gasteiger partial charge in [-0.1, -0.05) is 357 Å². The van der Waals surface area contributed by atoms with Crippen molar-refractivity contribution >= 4 is 168 Å². The first-order valence-electron chi connectivity index (χ1n) is 53.4. The number of likely N-dealkylation sites (N-methyl/N-ethyl adjacent to an activating group) is 1. The third kappa shape index (κ3) is 26.6. The molecule has 8 aromatic carbocycles. The smallest absolute Gasteiger partial charge is 0.260 e. The van der Waals surface area contributed by atoms with Gasteiger partial charge in [0.1, 0.15) is 49.3 Å². The Kier molecular flexibility index (Phi) is 39.9. The fourth-order valence-corrected chi connectivity index (χ4v) is 40.8. The van der Waals surface area contributed by atoms with Crippen molar-refractivity contribution in [3.8, 4) is 0 Å². The number of imidazole rings is 2. The Labute approximate surface area is 899 Å². The third-order valence-corrected chi connectivity index (χ3v) is 50.0. The van der Waals surface area contributed by atoms with Crippen LogP contribution in [0.4, 0.5) is 11.6 Å². The van der Waals surface area contributed by atoms with E-state index in [2.05, 4.69) is 301 Å². The average molecular weight is 2190 g/mol. The number of aromatic nitrogens is 8. The van der Waals surface area contributed by atoms with Crippen molar-refractivity contribution in [2.45, 2.75) is 267 Å². The Balaban J connectivity index is 0.000000133. The minimum absolute atomic E-state index is 0.0969. The molecule has 12 aromatic rings. The Morgan fingerprint density at radius 3 is 1.28 bits per heavy atom. The lowest BCUT2D eigenvalue weighted by Crippen LogP contribution is -2.59. The van der Waals surface area contributed by atoms with Gasteiger partial charge in [-0.25, -0.2) is 39.2 Å². The molecular formula is C113H146Cl4N15O10P3Si3. The Morgan fingerprint density at radius 1 is 0.486 bits per heavy atom. The van der Waals surface area contributed by atoms with E-state index in [0.717, 1.165) is 81.5 Å². The predicted octanol–water partition coefficient (Wildman–Crippen LogP) is 21.0. The third-order valence-electron chi connectivity index (χ3n) is 32.6. The van der Waals surface area contributed by atoms with Crippen LogP contribution < -0.4 is 47.1 Å². The number of ether oxygens (including phenoxy) is 3. The van der Waals surface area contributed by atoms with Gasteiger partial charge in [0.15, 0.2) is 39.9 Å². The summed E-state index contributed by atoms with van der Waals surface area (Å²) in [7, 11) is -6.07. The molecule has 0 bridgehead atoms. The molecule has 4 aromatic heterocycles. The number of benzene rings is 8. The zero-order chi connectivity index (χ0) is 103. The van der Waals surface area contributed by atoms with Crippen molar-refractivity contribution in [2.75, 3.05) is 63.6 Å². The number of morpholine rings is 1. The molecule has 0 radical (unpaired) electrons. The minimum Gasteiger partial charge on any atom is -0.392 e. The van der Waals surface area contributed by atoms with Crippen LogP contribution in [-0.2, 0) is 27.8 Å². The van der Waals surface area contributed by atoms with E-state index in [-0.39, 0.29) is 66.9 Å². The average Bonchev–Trinajstić information content (AvgIpc) is 1.57. The summed E-state index contributed by atoms with van der Waals surface area (Å²) in [6, 6.07) is 90.2. The zero-order valence-corrected chi connectivity index (χ0v) is 95.3. The highest BCUT2D eigenvalue weighted by atomic mass is 36.0. The summed E-state index contributed by atoms with van der Waals surface area (Å²) in [4.78, 5) is 56.3.